The van der Waals surface area contributed by atoms with Crippen molar-refractivity contribution in [3.8, 4) is 11.8 Å². The van der Waals surface area contributed by atoms with Gasteiger partial charge in [-0.25, -0.2) is 25.3 Å². The Morgan fingerprint density at radius 1 is 0.686 bits per heavy atom. The Morgan fingerprint density at radius 3 is 1.67 bits per heavy atom. The maximum Gasteiger partial charge on any atom is 0.415 e. The Labute approximate surface area is 286 Å². The van der Waals surface area contributed by atoms with Crippen molar-refractivity contribution in [1.29, 1.82) is 0 Å². The minimum atomic E-state index is -4.65. The molecule has 5 aromatic rings. The predicted molar refractivity (Wildman–Crippen MR) is 161 cm³/mol. The fraction of sp³-hybridized carbons (Fsp3) is 0.148. The third-order valence-corrected chi connectivity index (χ3v) is 12.3. The summed E-state index contributed by atoms with van der Waals surface area (Å²) >= 11 is 0. The lowest BCUT2D eigenvalue weighted by atomic mass is 10.4. The van der Waals surface area contributed by atoms with E-state index in [9.17, 15) is 40.9 Å². The lowest BCUT2D eigenvalue weighted by Gasteiger charge is -2.20. The molecule has 3 atom stereocenters. The van der Waals surface area contributed by atoms with E-state index in [0.717, 1.165) is 0 Å². The highest BCUT2D eigenvalue weighted by molar-refractivity contribution is 7.92. The van der Waals surface area contributed by atoms with Crippen molar-refractivity contribution in [3.05, 3.63) is 107 Å². The van der Waals surface area contributed by atoms with Crippen LogP contribution < -0.4 is 24.5 Å². The Balaban J connectivity index is 1.31. The zero-order chi connectivity index (χ0) is 36.4. The molecule has 3 unspecified atom stereocenters. The van der Waals surface area contributed by atoms with Crippen molar-refractivity contribution in [3.63, 3.8) is 0 Å². The molecule has 1 aliphatic rings. The Bertz CT molecular complexity index is 2370. The van der Waals surface area contributed by atoms with Crippen LogP contribution in [0.4, 0.5) is 0 Å². The van der Waals surface area contributed by atoms with E-state index < -0.39 is 96.9 Å². The molecule has 0 spiro atoms. The number of nitrogens with zero attached hydrogens (tertiary/aromatic N) is 5. The van der Waals surface area contributed by atoms with Gasteiger partial charge < -0.3 is 29.8 Å². The SMILES string of the molecule is O=S(=O)(c1ccccc1)c1c(OCC(COC2=NO[NH+]([O-])C2S(=O)(=O)c2ccccc2)Oc2no[n+]([O-])c2S(=O)(=O)c2ccccc2)no[n+]1[O-]. The van der Waals surface area contributed by atoms with E-state index in [0.29, 0.717) is 0 Å². The number of benzene rings is 3. The van der Waals surface area contributed by atoms with Crippen molar-refractivity contribution in [2.45, 2.75) is 36.2 Å². The first-order valence-corrected chi connectivity index (χ1v) is 18.6. The summed E-state index contributed by atoms with van der Waals surface area (Å²) in [5.74, 6) is -2.57. The molecular formula is C27H22N6O15S3. The van der Waals surface area contributed by atoms with Crippen LogP contribution in [0, 0.1) is 15.6 Å². The summed E-state index contributed by atoms with van der Waals surface area (Å²) < 4.78 is 105. The average molecular weight is 767 g/mol. The van der Waals surface area contributed by atoms with Crippen molar-refractivity contribution >= 4 is 35.4 Å². The number of hydrogen-bond acceptors (Lipinski definition) is 18. The van der Waals surface area contributed by atoms with Gasteiger partial charge in [-0.2, -0.15) is 4.94 Å². The third-order valence-electron chi connectivity index (χ3n) is 6.86. The van der Waals surface area contributed by atoms with E-state index in [1.54, 1.807) is 6.07 Å². The summed E-state index contributed by atoms with van der Waals surface area (Å²) in [6, 6.07) is 20.1. The van der Waals surface area contributed by atoms with Crippen LogP contribution in [0.2, 0.25) is 0 Å². The van der Waals surface area contributed by atoms with Crippen LogP contribution in [0.1, 0.15) is 0 Å². The summed E-state index contributed by atoms with van der Waals surface area (Å²) in [6.07, 6.45) is -1.68. The minimum absolute atomic E-state index is 0.274. The summed E-state index contributed by atoms with van der Waals surface area (Å²) in [7, 11) is -13.7. The first kappa shape index (κ1) is 35.0. The Morgan fingerprint density at radius 2 is 1.14 bits per heavy atom. The highest BCUT2D eigenvalue weighted by Gasteiger charge is 2.47. The molecule has 0 amide bonds. The van der Waals surface area contributed by atoms with E-state index in [4.69, 9.17) is 14.2 Å². The van der Waals surface area contributed by atoms with Gasteiger partial charge in [-0.05, 0) is 46.2 Å². The Hall–Kier alpha value is -5.82. The standard InChI is InChI=1S/C27H22N6O15S3/c34-31-25(49(37,38)19-10-4-1-5-11-19)22(28-46-31)43-16-18(45-24-27(33(36)48-30-24)51(41,42)21-14-8-3-9-15-21)17-44-23-26(32(35)47-29-23)50(39,40)20-12-6-2-7-13-20/h1-15,18,25,31H,16-17H2. The molecule has 1 aliphatic heterocycles. The lowest BCUT2D eigenvalue weighted by Crippen LogP contribution is -3.10. The summed E-state index contributed by atoms with van der Waals surface area (Å²) in [5, 5.41) is 41.9. The van der Waals surface area contributed by atoms with Crippen LogP contribution in [0.5, 0.6) is 11.8 Å². The number of nitrogens with one attached hydrogen (secondary N) is 1. The second-order valence-electron chi connectivity index (χ2n) is 10.2. The highest BCUT2D eigenvalue weighted by atomic mass is 32.2. The largest absolute Gasteiger partial charge is 0.587 e. The quantitative estimate of drug-likeness (QED) is 0.139. The maximum atomic E-state index is 13.4. The van der Waals surface area contributed by atoms with Gasteiger partial charge in [0.15, 0.2) is 6.10 Å². The molecule has 24 heteroatoms. The first-order valence-electron chi connectivity index (χ1n) is 14.1. The predicted octanol–water partition coefficient (Wildman–Crippen LogP) is -1.12. The van der Waals surface area contributed by atoms with Crippen LogP contribution in [0.15, 0.2) is 130 Å². The fourth-order valence-electron chi connectivity index (χ4n) is 4.48. The number of quaternary nitrogens is 1. The molecule has 0 radical (unpaired) electrons. The van der Waals surface area contributed by atoms with Gasteiger partial charge in [-0.3, -0.25) is 9.26 Å². The van der Waals surface area contributed by atoms with E-state index >= 15 is 0 Å². The molecule has 21 nitrogen and oxygen atoms in total. The van der Waals surface area contributed by atoms with E-state index in [-0.39, 0.29) is 14.7 Å². The Kier molecular flexibility index (Phi) is 9.50. The molecule has 0 bridgehead atoms. The van der Waals surface area contributed by atoms with Crippen molar-refractivity contribution in [1.82, 2.24) is 10.3 Å². The summed E-state index contributed by atoms with van der Waals surface area (Å²) in [6.45, 7) is -1.73. The number of hydrogen-bond donors (Lipinski definition) is 1. The van der Waals surface area contributed by atoms with Gasteiger partial charge in [0.2, 0.25) is 9.84 Å². The molecule has 6 rings (SSSR count). The molecule has 0 saturated carbocycles. The molecule has 0 fully saturated rings. The zero-order valence-electron chi connectivity index (χ0n) is 25.3. The number of ether oxygens (including phenoxy) is 3. The molecule has 0 saturated heterocycles. The second kappa shape index (κ2) is 13.8. The van der Waals surface area contributed by atoms with Crippen LogP contribution >= 0.6 is 0 Å². The third kappa shape index (κ3) is 6.84. The zero-order valence-corrected chi connectivity index (χ0v) is 27.8. The van der Waals surface area contributed by atoms with Gasteiger partial charge in [-0.1, -0.05) is 54.6 Å². The highest BCUT2D eigenvalue weighted by Crippen LogP contribution is 2.28. The van der Waals surface area contributed by atoms with Gasteiger partial charge in [-0.15, -0.1) is 5.23 Å². The number of hydroxylamine groups is 2. The molecule has 1 N–H and O–H groups in total. The maximum absolute atomic E-state index is 13.4. The van der Waals surface area contributed by atoms with E-state index in [2.05, 4.69) is 29.7 Å². The van der Waals surface area contributed by atoms with Gasteiger partial charge >= 0.3 is 33.1 Å². The number of rotatable bonds is 13. The van der Waals surface area contributed by atoms with Gasteiger partial charge in [0.05, 0.1) is 25.0 Å². The number of aromatic nitrogens is 4. The number of sulfone groups is 3. The van der Waals surface area contributed by atoms with Gasteiger partial charge in [0, 0.05) is 5.16 Å². The normalized spacial score (nSPS) is 16.9. The van der Waals surface area contributed by atoms with Gasteiger partial charge in [0.25, 0.3) is 19.7 Å². The topological polar surface area (TPSA) is 285 Å². The van der Waals surface area contributed by atoms with Crippen molar-refractivity contribution in [2.24, 2.45) is 5.16 Å². The van der Waals surface area contributed by atoms with Gasteiger partial charge in [0.1, 0.15) is 13.2 Å². The van der Waals surface area contributed by atoms with E-state index in [1.807, 2.05) is 0 Å². The molecular weight excluding hydrogens is 745 g/mol. The summed E-state index contributed by atoms with van der Waals surface area (Å²) in [5.41, 5.74) is 0. The lowest BCUT2D eigenvalue weighted by molar-refractivity contribution is -1.05. The molecule has 3 heterocycles. The smallest absolute Gasteiger partial charge is 0.415 e. The van der Waals surface area contributed by atoms with Crippen LogP contribution in [-0.2, 0) is 39.2 Å². The van der Waals surface area contributed by atoms with Crippen molar-refractivity contribution < 1.29 is 68.7 Å². The van der Waals surface area contributed by atoms with E-state index in [1.165, 1.54) is 84.9 Å². The average Bonchev–Trinajstić information content (AvgIpc) is 3.82. The molecule has 0 aliphatic carbocycles. The second-order valence-corrected chi connectivity index (χ2v) is 15.9. The minimum Gasteiger partial charge on any atom is -0.587 e. The van der Waals surface area contributed by atoms with Crippen LogP contribution in [-0.4, -0.2) is 66.2 Å². The molecule has 2 aromatic heterocycles. The number of oxime groups is 1. The van der Waals surface area contributed by atoms with Crippen molar-refractivity contribution in [2.75, 3.05) is 13.2 Å². The first-order chi connectivity index (χ1) is 24.3. The summed E-state index contributed by atoms with van der Waals surface area (Å²) in [4.78, 5) is 2.74. The fourth-order valence-corrected chi connectivity index (χ4v) is 8.54. The van der Waals surface area contributed by atoms with Crippen LogP contribution in [0.3, 0.4) is 0 Å². The molecule has 3 aromatic carbocycles. The molecule has 51 heavy (non-hydrogen) atoms. The monoisotopic (exact) mass is 766 g/mol. The molecule has 268 valence electrons. The van der Waals surface area contributed by atoms with Crippen LogP contribution in [0.25, 0.3) is 0 Å².